The Morgan fingerprint density at radius 2 is 1.85 bits per heavy atom. The highest BCUT2D eigenvalue weighted by Gasteiger charge is 2.31. The molecular weight excluding hydrogens is 244 g/mol. The Labute approximate surface area is 123 Å². The number of aryl methyl sites for hydroxylation is 1. The lowest BCUT2D eigenvalue weighted by Gasteiger charge is -2.32. The van der Waals surface area contributed by atoms with E-state index in [2.05, 4.69) is 48.3 Å². The number of nitrogens with one attached hydrogen (secondary N) is 1. The van der Waals surface area contributed by atoms with Gasteiger partial charge in [-0.05, 0) is 43.2 Å². The first-order chi connectivity index (χ1) is 9.80. The summed E-state index contributed by atoms with van der Waals surface area (Å²) in [6.45, 7) is 7.03. The van der Waals surface area contributed by atoms with Gasteiger partial charge in [-0.2, -0.15) is 0 Å². The van der Waals surface area contributed by atoms with Gasteiger partial charge >= 0.3 is 0 Å². The van der Waals surface area contributed by atoms with Crippen LogP contribution in [0.15, 0.2) is 24.3 Å². The third-order valence-corrected chi connectivity index (χ3v) is 5.15. The van der Waals surface area contributed by atoms with Gasteiger partial charge in [0.25, 0.3) is 0 Å². The van der Waals surface area contributed by atoms with Crippen molar-refractivity contribution in [3.05, 3.63) is 35.4 Å². The number of nitrogens with zero attached hydrogens (tertiary/aromatic N) is 1. The number of hydrogen-bond donors (Lipinski definition) is 1. The fraction of sp³-hybridized carbons (Fsp3) is 0.667. The molecule has 0 saturated carbocycles. The number of likely N-dealkylation sites (tertiary alicyclic amines) is 1. The van der Waals surface area contributed by atoms with Crippen LogP contribution < -0.4 is 5.32 Å². The molecule has 0 aromatic heterocycles. The molecule has 2 aliphatic heterocycles. The highest BCUT2D eigenvalue weighted by molar-refractivity contribution is 5.25. The van der Waals surface area contributed by atoms with Crippen LogP contribution in [0.2, 0.25) is 0 Å². The highest BCUT2D eigenvalue weighted by atomic mass is 15.2. The molecule has 110 valence electrons. The minimum Gasteiger partial charge on any atom is -0.310 e. The second-order valence-corrected chi connectivity index (χ2v) is 6.44. The monoisotopic (exact) mass is 272 g/mol. The third kappa shape index (κ3) is 2.91. The van der Waals surface area contributed by atoms with Crippen LogP contribution in [0, 0.1) is 0 Å². The standard InChI is InChI=1S/C18H28N2/c1-3-14-5-7-15(8-6-14)18(4-2)20-12-11-16-9-10-17(13-20)19-16/h5-8,16-19H,3-4,9-13H2,1-2H3. The predicted octanol–water partition coefficient (Wildman–Crippen LogP) is 3.53. The summed E-state index contributed by atoms with van der Waals surface area (Å²) in [6, 6.07) is 11.4. The first kappa shape index (κ1) is 14.1. The summed E-state index contributed by atoms with van der Waals surface area (Å²) >= 11 is 0. The predicted molar refractivity (Wildman–Crippen MR) is 85.0 cm³/mol. The average molecular weight is 272 g/mol. The molecule has 0 amide bonds. The molecule has 0 aliphatic carbocycles. The van der Waals surface area contributed by atoms with E-state index in [0.717, 1.165) is 18.5 Å². The molecule has 1 N–H and O–H groups in total. The Morgan fingerprint density at radius 1 is 1.10 bits per heavy atom. The maximum atomic E-state index is 3.79. The normalized spacial score (nSPS) is 28.3. The molecule has 2 saturated heterocycles. The zero-order valence-corrected chi connectivity index (χ0v) is 12.9. The fourth-order valence-electron chi connectivity index (χ4n) is 3.93. The van der Waals surface area contributed by atoms with E-state index in [4.69, 9.17) is 0 Å². The minimum absolute atomic E-state index is 0.599. The van der Waals surface area contributed by atoms with E-state index in [-0.39, 0.29) is 0 Å². The molecular formula is C18H28N2. The molecule has 20 heavy (non-hydrogen) atoms. The number of hydrogen-bond acceptors (Lipinski definition) is 2. The Morgan fingerprint density at radius 3 is 2.55 bits per heavy atom. The second kappa shape index (κ2) is 6.28. The van der Waals surface area contributed by atoms with Crippen molar-refractivity contribution in [3.8, 4) is 0 Å². The lowest BCUT2D eigenvalue weighted by molar-refractivity contribution is 0.182. The number of rotatable bonds is 4. The minimum atomic E-state index is 0.599. The topological polar surface area (TPSA) is 15.3 Å². The molecule has 2 nitrogen and oxygen atoms in total. The van der Waals surface area contributed by atoms with Crippen molar-refractivity contribution in [2.24, 2.45) is 0 Å². The average Bonchev–Trinajstić information content (AvgIpc) is 2.82. The van der Waals surface area contributed by atoms with Crippen LogP contribution in [-0.2, 0) is 6.42 Å². The molecule has 3 atom stereocenters. The Kier molecular flexibility index (Phi) is 4.42. The van der Waals surface area contributed by atoms with Gasteiger partial charge in [0.05, 0.1) is 0 Å². The van der Waals surface area contributed by atoms with E-state index in [9.17, 15) is 0 Å². The molecule has 0 radical (unpaired) electrons. The van der Waals surface area contributed by atoms with Gasteiger partial charge < -0.3 is 5.32 Å². The van der Waals surface area contributed by atoms with Crippen molar-refractivity contribution in [1.29, 1.82) is 0 Å². The van der Waals surface area contributed by atoms with Crippen molar-refractivity contribution >= 4 is 0 Å². The lowest BCUT2D eigenvalue weighted by atomic mass is 9.98. The number of fused-ring (bicyclic) bond motifs is 2. The summed E-state index contributed by atoms with van der Waals surface area (Å²) in [5, 5.41) is 3.79. The molecule has 2 heterocycles. The molecule has 3 unspecified atom stereocenters. The molecule has 2 fully saturated rings. The summed E-state index contributed by atoms with van der Waals surface area (Å²) in [7, 11) is 0. The van der Waals surface area contributed by atoms with Crippen molar-refractivity contribution in [3.63, 3.8) is 0 Å². The van der Waals surface area contributed by atoms with Crippen LogP contribution in [0.4, 0.5) is 0 Å². The molecule has 1 aromatic carbocycles. The molecule has 3 rings (SSSR count). The Hall–Kier alpha value is -0.860. The van der Waals surface area contributed by atoms with Crippen LogP contribution in [-0.4, -0.2) is 30.1 Å². The van der Waals surface area contributed by atoms with E-state index < -0.39 is 0 Å². The molecule has 0 spiro atoms. The zero-order chi connectivity index (χ0) is 13.9. The van der Waals surface area contributed by atoms with E-state index in [1.165, 1.54) is 49.9 Å². The van der Waals surface area contributed by atoms with Crippen LogP contribution in [0.5, 0.6) is 0 Å². The van der Waals surface area contributed by atoms with Crippen molar-refractivity contribution in [2.45, 2.75) is 64.1 Å². The summed E-state index contributed by atoms with van der Waals surface area (Å²) in [6.07, 6.45) is 6.42. The first-order valence-corrected chi connectivity index (χ1v) is 8.39. The maximum absolute atomic E-state index is 3.79. The van der Waals surface area contributed by atoms with Gasteiger partial charge in [-0.25, -0.2) is 0 Å². The fourth-order valence-corrected chi connectivity index (χ4v) is 3.93. The Balaban J connectivity index is 1.74. The number of benzene rings is 1. The second-order valence-electron chi connectivity index (χ2n) is 6.44. The van der Waals surface area contributed by atoms with Crippen molar-refractivity contribution < 1.29 is 0 Å². The van der Waals surface area contributed by atoms with E-state index >= 15 is 0 Å². The van der Waals surface area contributed by atoms with Gasteiger partial charge in [0.15, 0.2) is 0 Å². The van der Waals surface area contributed by atoms with E-state index in [1.54, 1.807) is 0 Å². The third-order valence-electron chi connectivity index (χ3n) is 5.15. The van der Waals surface area contributed by atoms with Gasteiger partial charge in [-0.15, -0.1) is 0 Å². The first-order valence-electron chi connectivity index (χ1n) is 8.39. The van der Waals surface area contributed by atoms with Gasteiger partial charge in [0, 0.05) is 31.2 Å². The van der Waals surface area contributed by atoms with Gasteiger partial charge in [-0.1, -0.05) is 38.1 Å². The Bertz CT molecular complexity index is 426. The van der Waals surface area contributed by atoms with E-state index in [1.807, 2.05) is 0 Å². The van der Waals surface area contributed by atoms with Crippen LogP contribution >= 0.6 is 0 Å². The lowest BCUT2D eigenvalue weighted by Crippen LogP contribution is -2.37. The van der Waals surface area contributed by atoms with Crippen molar-refractivity contribution in [2.75, 3.05) is 13.1 Å². The summed E-state index contributed by atoms with van der Waals surface area (Å²) < 4.78 is 0. The largest absolute Gasteiger partial charge is 0.310 e. The molecule has 2 heteroatoms. The van der Waals surface area contributed by atoms with E-state index in [0.29, 0.717) is 6.04 Å². The molecule has 2 aliphatic rings. The van der Waals surface area contributed by atoms with Crippen LogP contribution in [0.25, 0.3) is 0 Å². The quantitative estimate of drug-likeness (QED) is 0.902. The maximum Gasteiger partial charge on any atom is 0.0346 e. The van der Waals surface area contributed by atoms with Crippen molar-refractivity contribution in [1.82, 2.24) is 10.2 Å². The van der Waals surface area contributed by atoms with Crippen LogP contribution in [0.3, 0.4) is 0 Å². The summed E-state index contributed by atoms with van der Waals surface area (Å²) in [5.74, 6) is 0. The van der Waals surface area contributed by atoms with Gasteiger partial charge in [-0.3, -0.25) is 4.90 Å². The zero-order valence-electron chi connectivity index (χ0n) is 12.9. The molecule has 2 bridgehead atoms. The smallest absolute Gasteiger partial charge is 0.0346 e. The molecule has 1 aromatic rings. The van der Waals surface area contributed by atoms with Crippen LogP contribution in [0.1, 0.15) is 56.7 Å². The SMILES string of the molecule is CCc1ccc(C(CC)N2CCC3CCC(C2)N3)cc1. The highest BCUT2D eigenvalue weighted by Crippen LogP contribution is 2.29. The summed E-state index contributed by atoms with van der Waals surface area (Å²) in [5.41, 5.74) is 2.95. The van der Waals surface area contributed by atoms with Gasteiger partial charge in [0.1, 0.15) is 0 Å². The van der Waals surface area contributed by atoms with Gasteiger partial charge in [0.2, 0.25) is 0 Å². The summed E-state index contributed by atoms with van der Waals surface area (Å²) in [4.78, 5) is 2.72.